The van der Waals surface area contributed by atoms with Crippen molar-refractivity contribution in [3.63, 3.8) is 0 Å². The van der Waals surface area contributed by atoms with Gasteiger partial charge in [-0.1, -0.05) is 35.5 Å². The third kappa shape index (κ3) is 3.53. The van der Waals surface area contributed by atoms with Crippen LogP contribution < -0.4 is 0 Å². The monoisotopic (exact) mass is 256 g/mol. The molecule has 18 heavy (non-hydrogen) atoms. The lowest BCUT2D eigenvalue weighted by molar-refractivity contribution is 0.104. The van der Waals surface area contributed by atoms with Crippen LogP contribution in [0.5, 0.6) is 0 Å². The molecule has 1 aromatic carbocycles. The van der Waals surface area contributed by atoms with Crippen molar-refractivity contribution >= 4 is 17.5 Å². The van der Waals surface area contributed by atoms with Gasteiger partial charge in [0.15, 0.2) is 10.9 Å². The zero-order chi connectivity index (χ0) is 12.8. The lowest BCUT2D eigenvalue weighted by Gasteiger charge is -1.97. The summed E-state index contributed by atoms with van der Waals surface area (Å²) in [4.78, 5) is 19.9. The van der Waals surface area contributed by atoms with Crippen molar-refractivity contribution in [1.82, 2.24) is 9.97 Å². The molecule has 0 spiro atoms. The molecule has 0 atom stereocenters. The van der Waals surface area contributed by atoms with Gasteiger partial charge in [-0.15, -0.1) is 0 Å². The minimum absolute atomic E-state index is 0.0119. The molecule has 0 saturated heterocycles. The number of nitrogens with zero attached hydrogens (tertiary/aromatic N) is 2. The summed E-state index contributed by atoms with van der Waals surface area (Å²) in [7, 11) is 0. The van der Waals surface area contributed by atoms with Gasteiger partial charge in [-0.2, -0.15) is 0 Å². The second-order valence-electron chi connectivity index (χ2n) is 3.69. The summed E-state index contributed by atoms with van der Waals surface area (Å²) in [5.41, 5.74) is 1.77. The molecule has 2 aromatic rings. The van der Waals surface area contributed by atoms with E-state index in [1.807, 2.05) is 31.2 Å². The van der Waals surface area contributed by atoms with E-state index in [9.17, 15) is 4.79 Å². The van der Waals surface area contributed by atoms with Gasteiger partial charge in [-0.25, -0.2) is 9.97 Å². The summed E-state index contributed by atoms with van der Waals surface area (Å²) in [6.07, 6.45) is 4.88. The van der Waals surface area contributed by atoms with E-state index in [0.717, 1.165) is 5.56 Å². The highest BCUT2D eigenvalue weighted by molar-refractivity contribution is 8.02. The molecule has 3 nitrogen and oxygen atoms in total. The quantitative estimate of drug-likeness (QED) is 0.364. The minimum atomic E-state index is -0.0119. The Labute approximate surface area is 110 Å². The summed E-state index contributed by atoms with van der Waals surface area (Å²) in [5.74, 6) is -0.0119. The Kier molecular flexibility index (Phi) is 4.25. The Bertz CT molecular complexity index is 567. The first-order chi connectivity index (χ1) is 8.75. The average molecular weight is 256 g/mol. The van der Waals surface area contributed by atoms with Crippen molar-refractivity contribution in [3.05, 3.63) is 65.3 Å². The van der Waals surface area contributed by atoms with E-state index in [-0.39, 0.29) is 5.78 Å². The van der Waals surface area contributed by atoms with E-state index in [0.29, 0.717) is 10.7 Å². The largest absolute Gasteiger partial charge is 0.289 e. The van der Waals surface area contributed by atoms with Crippen LogP contribution in [0.3, 0.4) is 0 Å². The van der Waals surface area contributed by atoms with Crippen LogP contribution in [-0.4, -0.2) is 15.8 Å². The van der Waals surface area contributed by atoms with Crippen molar-refractivity contribution in [2.45, 2.75) is 12.1 Å². The maximum atomic E-state index is 11.8. The number of benzene rings is 1. The number of ketones is 1. The first-order valence-corrected chi connectivity index (χ1v) is 6.35. The lowest BCUT2D eigenvalue weighted by Crippen LogP contribution is -1.93. The summed E-state index contributed by atoms with van der Waals surface area (Å²) in [6, 6.07) is 9.28. The molecule has 0 aliphatic rings. The van der Waals surface area contributed by atoms with Crippen LogP contribution in [0.1, 0.15) is 15.9 Å². The van der Waals surface area contributed by atoms with Gasteiger partial charge in [0, 0.05) is 18.0 Å². The Hall–Kier alpha value is -1.94. The zero-order valence-corrected chi connectivity index (χ0v) is 10.7. The lowest BCUT2D eigenvalue weighted by atomic mass is 10.1. The maximum Gasteiger partial charge on any atom is 0.191 e. The van der Waals surface area contributed by atoms with Crippen LogP contribution in [0.2, 0.25) is 0 Å². The smallest absolute Gasteiger partial charge is 0.191 e. The molecule has 0 aliphatic carbocycles. The molecule has 0 radical (unpaired) electrons. The van der Waals surface area contributed by atoms with Crippen molar-refractivity contribution in [1.29, 1.82) is 0 Å². The zero-order valence-electron chi connectivity index (χ0n) is 9.91. The van der Waals surface area contributed by atoms with Gasteiger partial charge < -0.3 is 0 Å². The van der Waals surface area contributed by atoms with E-state index in [1.165, 1.54) is 17.8 Å². The van der Waals surface area contributed by atoms with E-state index in [1.54, 1.807) is 23.9 Å². The van der Waals surface area contributed by atoms with Gasteiger partial charge in [0.05, 0.1) is 0 Å². The summed E-state index contributed by atoms with van der Waals surface area (Å²) in [6.45, 7) is 1.97. The predicted molar refractivity (Wildman–Crippen MR) is 72.5 cm³/mol. The number of carbonyl (C=O) groups excluding carboxylic acids is 1. The van der Waals surface area contributed by atoms with Gasteiger partial charge >= 0.3 is 0 Å². The van der Waals surface area contributed by atoms with E-state index in [4.69, 9.17) is 0 Å². The maximum absolute atomic E-state index is 11.8. The molecule has 0 amide bonds. The molecule has 0 saturated carbocycles. The van der Waals surface area contributed by atoms with Gasteiger partial charge in [0.25, 0.3) is 0 Å². The Morgan fingerprint density at radius 3 is 2.72 bits per heavy atom. The second kappa shape index (κ2) is 6.12. The van der Waals surface area contributed by atoms with Crippen molar-refractivity contribution < 1.29 is 4.79 Å². The molecule has 2 rings (SSSR count). The van der Waals surface area contributed by atoms with Crippen molar-refractivity contribution in [3.8, 4) is 0 Å². The topological polar surface area (TPSA) is 42.9 Å². The van der Waals surface area contributed by atoms with Crippen LogP contribution in [0.4, 0.5) is 0 Å². The van der Waals surface area contributed by atoms with Crippen LogP contribution in [0.25, 0.3) is 0 Å². The van der Waals surface area contributed by atoms with Crippen LogP contribution >= 0.6 is 11.8 Å². The molecule has 0 fully saturated rings. The normalized spacial score (nSPS) is 10.7. The van der Waals surface area contributed by atoms with Gasteiger partial charge in [0.2, 0.25) is 0 Å². The second-order valence-corrected chi connectivity index (χ2v) is 4.56. The molecular weight excluding hydrogens is 244 g/mol. The highest BCUT2D eigenvalue weighted by atomic mass is 32.2. The highest BCUT2D eigenvalue weighted by Gasteiger charge is 2.01. The summed E-state index contributed by atoms with van der Waals surface area (Å²) >= 11 is 1.32. The number of rotatable bonds is 4. The van der Waals surface area contributed by atoms with Crippen molar-refractivity contribution in [2.24, 2.45) is 0 Å². The molecule has 0 bridgehead atoms. The Morgan fingerprint density at radius 2 is 2.00 bits per heavy atom. The third-order valence-corrected chi connectivity index (χ3v) is 2.93. The third-order valence-electron chi connectivity index (χ3n) is 2.24. The fraction of sp³-hybridized carbons (Fsp3) is 0.0714. The Morgan fingerprint density at radius 1 is 1.22 bits per heavy atom. The van der Waals surface area contributed by atoms with Crippen LogP contribution in [0.15, 0.2) is 59.4 Å². The molecule has 1 heterocycles. The fourth-order valence-electron chi connectivity index (χ4n) is 1.40. The fourth-order valence-corrected chi connectivity index (χ4v) is 1.95. The number of hydrogen-bond donors (Lipinski definition) is 0. The number of carbonyl (C=O) groups is 1. The minimum Gasteiger partial charge on any atom is -0.289 e. The van der Waals surface area contributed by atoms with Crippen LogP contribution in [0, 0.1) is 6.92 Å². The highest BCUT2D eigenvalue weighted by Crippen LogP contribution is 2.13. The summed E-state index contributed by atoms with van der Waals surface area (Å²) in [5, 5.41) is 2.34. The first kappa shape index (κ1) is 12.5. The molecule has 90 valence electrons. The number of aromatic nitrogens is 2. The molecule has 4 heteroatoms. The van der Waals surface area contributed by atoms with E-state index < -0.39 is 0 Å². The molecule has 1 aromatic heterocycles. The summed E-state index contributed by atoms with van der Waals surface area (Å²) < 4.78 is 0. The molecule has 0 N–H and O–H groups in total. The van der Waals surface area contributed by atoms with Gasteiger partial charge in [0.1, 0.15) is 0 Å². The van der Waals surface area contributed by atoms with Gasteiger partial charge in [-0.05, 0) is 30.5 Å². The first-order valence-electron chi connectivity index (χ1n) is 5.47. The SMILES string of the molecule is Cc1cccc(C(=O)/C=C/Sc2ncccn2)c1. The van der Waals surface area contributed by atoms with E-state index in [2.05, 4.69) is 9.97 Å². The van der Waals surface area contributed by atoms with Crippen LogP contribution in [-0.2, 0) is 0 Å². The van der Waals surface area contributed by atoms with E-state index >= 15 is 0 Å². The Balaban J connectivity index is 1.99. The molecular formula is C14H12N2OS. The molecule has 0 aliphatic heterocycles. The standard InChI is InChI=1S/C14H12N2OS/c1-11-4-2-5-12(10-11)13(17)6-9-18-14-15-7-3-8-16-14/h2-10H,1H3/b9-6+. The van der Waals surface area contributed by atoms with Gasteiger partial charge in [-0.3, -0.25) is 4.79 Å². The predicted octanol–water partition coefficient (Wildman–Crippen LogP) is 3.27. The number of aryl methyl sites for hydroxylation is 1. The average Bonchev–Trinajstić information content (AvgIpc) is 2.40. The van der Waals surface area contributed by atoms with Crippen molar-refractivity contribution in [2.75, 3.05) is 0 Å². The number of thioether (sulfide) groups is 1. The number of allylic oxidation sites excluding steroid dienone is 1. The molecule has 0 unspecified atom stereocenters. The number of hydrogen-bond acceptors (Lipinski definition) is 4.